The first kappa shape index (κ1) is 17.9. The van der Waals surface area contributed by atoms with Gasteiger partial charge in [-0.05, 0) is 18.9 Å². The van der Waals surface area contributed by atoms with Gasteiger partial charge in [0, 0.05) is 13.1 Å². The van der Waals surface area contributed by atoms with Crippen LogP contribution in [0.4, 0.5) is 0 Å². The number of halogens is 1. The molecule has 1 saturated heterocycles. The maximum Gasteiger partial charge on any atom is 0.247 e. The largest absolute Gasteiger partial charge is 0.340 e. The molecule has 1 aliphatic heterocycles. The molecule has 0 radical (unpaired) electrons. The van der Waals surface area contributed by atoms with Crippen molar-refractivity contribution in [3.05, 3.63) is 35.9 Å². The molecule has 0 aliphatic carbocycles. The summed E-state index contributed by atoms with van der Waals surface area (Å²) < 4.78 is 23.2. The summed E-state index contributed by atoms with van der Waals surface area (Å²) in [6.45, 7) is 2.34. The first-order valence-corrected chi connectivity index (χ1v) is 8.49. The molecule has 1 aliphatic rings. The van der Waals surface area contributed by atoms with E-state index < -0.39 is 15.4 Å². The highest BCUT2D eigenvalue weighted by Gasteiger charge is 2.35. The van der Waals surface area contributed by atoms with Crippen LogP contribution in [-0.2, 0) is 20.2 Å². The van der Waals surface area contributed by atoms with Gasteiger partial charge in [-0.15, -0.1) is 12.4 Å². The molecule has 1 heterocycles. The van der Waals surface area contributed by atoms with E-state index in [1.807, 2.05) is 30.3 Å². The Morgan fingerprint density at radius 1 is 1.19 bits per heavy atom. The molecule has 1 unspecified atom stereocenters. The topological polar surface area (TPSA) is 80.5 Å². The van der Waals surface area contributed by atoms with Crippen molar-refractivity contribution < 1.29 is 13.2 Å². The number of nitrogens with two attached hydrogens (primary N) is 1. The summed E-state index contributed by atoms with van der Waals surface area (Å²) in [4.78, 5) is 14.2. The Morgan fingerprint density at radius 3 is 2.43 bits per heavy atom. The molecule has 118 valence electrons. The summed E-state index contributed by atoms with van der Waals surface area (Å²) in [5.74, 6) is -0.0617. The van der Waals surface area contributed by atoms with Gasteiger partial charge in [-0.2, -0.15) is 0 Å². The Balaban J connectivity index is 0.00000220. The summed E-state index contributed by atoms with van der Waals surface area (Å²) in [5.41, 5.74) is 5.79. The maximum absolute atomic E-state index is 12.6. The van der Waals surface area contributed by atoms with Crippen molar-refractivity contribution in [2.75, 3.05) is 24.6 Å². The van der Waals surface area contributed by atoms with Gasteiger partial charge in [-0.1, -0.05) is 30.3 Å². The van der Waals surface area contributed by atoms with Gasteiger partial charge in [0.25, 0.3) is 0 Å². The molecule has 1 aromatic rings. The Morgan fingerprint density at radius 2 is 1.81 bits per heavy atom. The van der Waals surface area contributed by atoms with Gasteiger partial charge < -0.3 is 10.6 Å². The Labute approximate surface area is 131 Å². The number of amides is 1. The lowest BCUT2D eigenvalue weighted by Crippen LogP contribution is -2.51. The highest BCUT2D eigenvalue weighted by Crippen LogP contribution is 2.21. The average Bonchev–Trinajstić information content (AvgIpc) is 2.60. The molecule has 2 N–H and O–H groups in total. The van der Waals surface area contributed by atoms with Gasteiger partial charge >= 0.3 is 0 Å². The molecule has 21 heavy (non-hydrogen) atoms. The van der Waals surface area contributed by atoms with Crippen molar-refractivity contribution in [3.8, 4) is 0 Å². The second kappa shape index (κ2) is 6.77. The van der Waals surface area contributed by atoms with Crippen molar-refractivity contribution in [3.63, 3.8) is 0 Å². The lowest BCUT2D eigenvalue weighted by Gasteiger charge is -2.31. The molecule has 1 aromatic carbocycles. The Bertz CT molecular complexity index is 587. The normalized spacial score (nSPS) is 20.8. The van der Waals surface area contributed by atoms with E-state index in [0.29, 0.717) is 13.0 Å². The second-order valence-electron chi connectivity index (χ2n) is 5.37. The molecule has 1 atom stereocenters. The molecule has 1 fully saturated rings. The molecule has 0 aromatic heterocycles. The predicted octanol–water partition coefficient (Wildman–Crippen LogP) is 0.929. The quantitative estimate of drug-likeness (QED) is 0.873. The Kier molecular flexibility index (Phi) is 5.78. The van der Waals surface area contributed by atoms with Crippen LogP contribution in [0.15, 0.2) is 30.3 Å². The number of nitrogens with zero attached hydrogens (tertiary/aromatic N) is 1. The van der Waals surface area contributed by atoms with E-state index in [0.717, 1.165) is 5.56 Å². The number of carbonyl (C=O) groups is 1. The highest BCUT2D eigenvalue weighted by molar-refractivity contribution is 7.91. The molecule has 1 amide bonds. The van der Waals surface area contributed by atoms with Crippen LogP contribution in [0.2, 0.25) is 0 Å². The van der Waals surface area contributed by atoms with Crippen molar-refractivity contribution in [2.24, 2.45) is 5.73 Å². The molecular formula is C14H21ClN2O3S. The molecule has 0 spiro atoms. The first-order chi connectivity index (χ1) is 9.33. The lowest BCUT2D eigenvalue weighted by molar-refractivity contribution is -0.136. The van der Waals surface area contributed by atoms with Crippen LogP contribution >= 0.6 is 12.4 Å². The van der Waals surface area contributed by atoms with Crippen LogP contribution in [0.25, 0.3) is 0 Å². The number of carbonyl (C=O) groups excluding carboxylic acids is 1. The highest BCUT2D eigenvalue weighted by atomic mass is 35.5. The standard InChI is InChI=1S/C14H20N2O3S.ClH/c1-14(15,12-6-3-2-4-7-12)13(17)16-8-5-10-20(18,19)11-9-16;/h2-4,6-7H,5,8-11,15H2,1H3;1H. The summed E-state index contributed by atoms with van der Waals surface area (Å²) in [6.07, 6.45) is 0.471. The van der Waals surface area contributed by atoms with E-state index in [4.69, 9.17) is 5.73 Å². The SMILES string of the molecule is CC(N)(C(=O)N1CCCS(=O)(=O)CC1)c1ccccc1.Cl. The monoisotopic (exact) mass is 332 g/mol. The van der Waals surface area contributed by atoms with E-state index in [2.05, 4.69) is 0 Å². The zero-order valence-corrected chi connectivity index (χ0v) is 13.6. The van der Waals surface area contributed by atoms with Gasteiger partial charge in [0.1, 0.15) is 5.54 Å². The summed E-state index contributed by atoms with van der Waals surface area (Å²) in [7, 11) is -3.03. The van der Waals surface area contributed by atoms with Crippen LogP contribution in [0.3, 0.4) is 0 Å². The number of rotatable bonds is 2. The minimum Gasteiger partial charge on any atom is -0.340 e. The van der Waals surface area contributed by atoms with Crippen LogP contribution < -0.4 is 5.73 Å². The number of benzene rings is 1. The second-order valence-corrected chi connectivity index (χ2v) is 7.67. The molecule has 0 saturated carbocycles. The fraction of sp³-hybridized carbons (Fsp3) is 0.500. The van der Waals surface area contributed by atoms with Crippen molar-refractivity contribution in [1.82, 2.24) is 4.90 Å². The number of hydrogen-bond acceptors (Lipinski definition) is 4. The average molecular weight is 333 g/mol. The van der Waals surface area contributed by atoms with E-state index in [1.54, 1.807) is 11.8 Å². The summed E-state index contributed by atoms with van der Waals surface area (Å²) in [5, 5.41) is 0. The van der Waals surface area contributed by atoms with Crippen LogP contribution in [-0.4, -0.2) is 43.8 Å². The van der Waals surface area contributed by atoms with E-state index in [-0.39, 0.29) is 36.4 Å². The smallest absolute Gasteiger partial charge is 0.247 e. The lowest BCUT2D eigenvalue weighted by atomic mass is 9.91. The molecule has 2 rings (SSSR count). The zero-order valence-electron chi connectivity index (χ0n) is 12.0. The third-order valence-corrected chi connectivity index (χ3v) is 5.38. The molecular weight excluding hydrogens is 312 g/mol. The minimum absolute atomic E-state index is 0. The summed E-state index contributed by atoms with van der Waals surface area (Å²) >= 11 is 0. The van der Waals surface area contributed by atoms with Gasteiger partial charge in [0.05, 0.1) is 11.5 Å². The fourth-order valence-corrected chi connectivity index (χ4v) is 3.65. The van der Waals surface area contributed by atoms with Crippen LogP contribution in [0.1, 0.15) is 18.9 Å². The molecule has 7 heteroatoms. The third-order valence-electron chi connectivity index (χ3n) is 3.66. The van der Waals surface area contributed by atoms with Crippen LogP contribution in [0, 0.1) is 0 Å². The summed E-state index contributed by atoms with van der Waals surface area (Å²) in [6, 6.07) is 9.16. The minimum atomic E-state index is -3.03. The number of hydrogen-bond donors (Lipinski definition) is 1. The molecule has 5 nitrogen and oxygen atoms in total. The molecule has 0 bridgehead atoms. The van der Waals surface area contributed by atoms with E-state index in [1.165, 1.54) is 0 Å². The van der Waals surface area contributed by atoms with Crippen LogP contribution in [0.5, 0.6) is 0 Å². The third kappa shape index (κ3) is 4.18. The Hall–Kier alpha value is -1.11. The zero-order chi connectivity index (χ0) is 14.8. The van der Waals surface area contributed by atoms with Gasteiger partial charge in [-0.25, -0.2) is 8.42 Å². The van der Waals surface area contributed by atoms with Gasteiger partial charge in [0.2, 0.25) is 5.91 Å². The predicted molar refractivity (Wildman–Crippen MR) is 85.1 cm³/mol. The first-order valence-electron chi connectivity index (χ1n) is 6.67. The fourth-order valence-electron chi connectivity index (χ4n) is 2.38. The van der Waals surface area contributed by atoms with Gasteiger partial charge in [-0.3, -0.25) is 4.79 Å². The van der Waals surface area contributed by atoms with Crippen molar-refractivity contribution >= 4 is 28.2 Å². The van der Waals surface area contributed by atoms with Crippen molar-refractivity contribution in [2.45, 2.75) is 18.9 Å². The maximum atomic E-state index is 12.6. The van der Waals surface area contributed by atoms with E-state index >= 15 is 0 Å². The van der Waals surface area contributed by atoms with Crippen molar-refractivity contribution in [1.29, 1.82) is 0 Å². The number of sulfone groups is 1. The van der Waals surface area contributed by atoms with Gasteiger partial charge in [0.15, 0.2) is 9.84 Å². The van der Waals surface area contributed by atoms with E-state index in [9.17, 15) is 13.2 Å².